The molecule has 0 fully saturated rings. The molecule has 0 spiro atoms. The van der Waals surface area contributed by atoms with Crippen molar-refractivity contribution in [1.82, 2.24) is 10.4 Å². The smallest absolute Gasteiger partial charge is 0.244 e. The number of nitrogens with one attached hydrogen (secondary N) is 2. The van der Waals surface area contributed by atoms with E-state index >= 15 is 0 Å². The predicted octanol–water partition coefficient (Wildman–Crippen LogP) is 3.17. The molecule has 2 aromatic carbocycles. The molecule has 0 unspecified atom stereocenters. The fourth-order valence-corrected chi connectivity index (χ4v) is 2.45. The summed E-state index contributed by atoms with van der Waals surface area (Å²) >= 11 is 0. The number of aromatic amines is 1. The SMILES string of the molecule is Cc1[nH]c2ccccc2c1/C=N\NC(=O)Cc1ccccc1. The molecule has 0 bridgehead atoms. The fourth-order valence-electron chi connectivity index (χ4n) is 2.45. The Morgan fingerprint density at radius 1 is 1.14 bits per heavy atom. The van der Waals surface area contributed by atoms with Crippen molar-refractivity contribution < 1.29 is 4.79 Å². The number of H-pyrrole nitrogens is 1. The van der Waals surface area contributed by atoms with E-state index in [9.17, 15) is 4.79 Å². The molecule has 3 rings (SSSR count). The van der Waals surface area contributed by atoms with E-state index in [0.717, 1.165) is 27.7 Å². The zero-order chi connectivity index (χ0) is 15.4. The highest BCUT2D eigenvalue weighted by Gasteiger charge is 2.05. The Labute approximate surface area is 128 Å². The van der Waals surface area contributed by atoms with Gasteiger partial charge in [-0.05, 0) is 18.6 Å². The van der Waals surface area contributed by atoms with Crippen molar-refractivity contribution in [2.45, 2.75) is 13.3 Å². The molecule has 1 heterocycles. The third-order valence-electron chi connectivity index (χ3n) is 3.53. The van der Waals surface area contributed by atoms with Gasteiger partial charge in [0.15, 0.2) is 0 Å². The summed E-state index contributed by atoms with van der Waals surface area (Å²) in [5.74, 6) is -0.125. The molecule has 4 heteroatoms. The number of carbonyl (C=O) groups excluding carboxylic acids is 1. The summed E-state index contributed by atoms with van der Waals surface area (Å²) in [5, 5.41) is 5.17. The van der Waals surface area contributed by atoms with E-state index in [1.807, 2.05) is 61.5 Å². The van der Waals surface area contributed by atoms with Crippen LogP contribution in [0.5, 0.6) is 0 Å². The third-order valence-corrected chi connectivity index (χ3v) is 3.53. The maximum Gasteiger partial charge on any atom is 0.244 e. The number of hydrogen-bond acceptors (Lipinski definition) is 2. The molecule has 0 aliphatic rings. The molecule has 0 radical (unpaired) electrons. The van der Waals surface area contributed by atoms with Crippen LogP contribution in [0.3, 0.4) is 0 Å². The van der Waals surface area contributed by atoms with E-state index in [0.29, 0.717) is 6.42 Å². The van der Waals surface area contributed by atoms with Gasteiger partial charge in [0.1, 0.15) is 0 Å². The first-order chi connectivity index (χ1) is 10.7. The van der Waals surface area contributed by atoms with Gasteiger partial charge in [-0.2, -0.15) is 5.10 Å². The van der Waals surface area contributed by atoms with Crippen molar-refractivity contribution in [3.05, 3.63) is 71.4 Å². The van der Waals surface area contributed by atoms with Gasteiger partial charge in [-0.25, -0.2) is 5.43 Å². The van der Waals surface area contributed by atoms with Crippen LogP contribution in [0.2, 0.25) is 0 Å². The topological polar surface area (TPSA) is 57.2 Å². The van der Waals surface area contributed by atoms with Gasteiger partial charge in [0.25, 0.3) is 0 Å². The highest BCUT2D eigenvalue weighted by atomic mass is 16.2. The Morgan fingerprint density at radius 3 is 2.68 bits per heavy atom. The van der Waals surface area contributed by atoms with Crippen LogP contribution in [-0.2, 0) is 11.2 Å². The number of fused-ring (bicyclic) bond motifs is 1. The van der Waals surface area contributed by atoms with E-state index in [2.05, 4.69) is 15.5 Å². The van der Waals surface area contributed by atoms with Gasteiger partial charge in [-0.3, -0.25) is 4.79 Å². The molecule has 2 N–H and O–H groups in total. The minimum absolute atomic E-state index is 0.125. The molecule has 0 saturated heterocycles. The number of aryl methyl sites for hydroxylation is 1. The number of hydrazone groups is 1. The lowest BCUT2D eigenvalue weighted by Crippen LogP contribution is -2.19. The first-order valence-corrected chi connectivity index (χ1v) is 7.17. The van der Waals surface area contributed by atoms with Crippen molar-refractivity contribution in [2.24, 2.45) is 5.10 Å². The third kappa shape index (κ3) is 3.06. The summed E-state index contributed by atoms with van der Waals surface area (Å²) in [6.45, 7) is 1.99. The summed E-state index contributed by atoms with van der Waals surface area (Å²) in [6.07, 6.45) is 2.02. The van der Waals surface area contributed by atoms with Crippen molar-refractivity contribution in [3.8, 4) is 0 Å². The Bertz CT molecular complexity index is 819. The maximum absolute atomic E-state index is 11.9. The second kappa shape index (κ2) is 6.26. The second-order valence-corrected chi connectivity index (χ2v) is 5.16. The number of nitrogens with zero attached hydrogens (tertiary/aromatic N) is 1. The van der Waals surface area contributed by atoms with E-state index in [1.54, 1.807) is 6.21 Å². The Balaban J connectivity index is 1.69. The molecule has 1 amide bonds. The molecule has 3 aromatic rings. The van der Waals surface area contributed by atoms with Crippen molar-refractivity contribution in [1.29, 1.82) is 0 Å². The summed E-state index contributed by atoms with van der Waals surface area (Å²) < 4.78 is 0. The van der Waals surface area contributed by atoms with E-state index in [-0.39, 0.29) is 5.91 Å². The number of rotatable bonds is 4. The summed E-state index contributed by atoms with van der Waals surface area (Å²) in [7, 11) is 0. The largest absolute Gasteiger partial charge is 0.358 e. The minimum Gasteiger partial charge on any atom is -0.358 e. The van der Waals surface area contributed by atoms with Crippen LogP contribution in [0.25, 0.3) is 10.9 Å². The molecule has 22 heavy (non-hydrogen) atoms. The minimum atomic E-state index is -0.125. The Morgan fingerprint density at radius 2 is 1.86 bits per heavy atom. The first kappa shape index (κ1) is 14.1. The summed E-state index contributed by atoms with van der Waals surface area (Å²) in [6, 6.07) is 17.6. The van der Waals surface area contributed by atoms with Gasteiger partial charge in [-0.1, -0.05) is 48.5 Å². The van der Waals surface area contributed by atoms with Crippen molar-refractivity contribution >= 4 is 23.0 Å². The summed E-state index contributed by atoms with van der Waals surface area (Å²) in [4.78, 5) is 15.2. The zero-order valence-corrected chi connectivity index (χ0v) is 12.3. The van der Waals surface area contributed by atoms with E-state index in [4.69, 9.17) is 0 Å². The van der Waals surface area contributed by atoms with Crippen LogP contribution in [0.4, 0.5) is 0 Å². The van der Waals surface area contributed by atoms with Crippen molar-refractivity contribution in [3.63, 3.8) is 0 Å². The average Bonchev–Trinajstić information content (AvgIpc) is 2.84. The molecular weight excluding hydrogens is 274 g/mol. The Hall–Kier alpha value is -2.88. The zero-order valence-electron chi connectivity index (χ0n) is 12.3. The average molecular weight is 291 g/mol. The molecule has 1 aromatic heterocycles. The van der Waals surface area contributed by atoms with E-state index in [1.165, 1.54) is 0 Å². The normalized spacial score (nSPS) is 11.1. The van der Waals surface area contributed by atoms with Crippen molar-refractivity contribution in [2.75, 3.05) is 0 Å². The lowest BCUT2D eigenvalue weighted by molar-refractivity contribution is -0.120. The number of amides is 1. The van der Waals surface area contributed by atoms with Gasteiger partial charge in [0.05, 0.1) is 12.6 Å². The van der Waals surface area contributed by atoms with Gasteiger partial charge in [0.2, 0.25) is 5.91 Å². The highest BCUT2D eigenvalue weighted by molar-refractivity contribution is 6.00. The number of hydrogen-bond donors (Lipinski definition) is 2. The standard InChI is InChI=1S/C18H17N3O/c1-13-16(15-9-5-6-10-17(15)20-13)12-19-21-18(22)11-14-7-3-2-4-8-14/h2-10,12,20H,11H2,1H3,(H,21,22)/b19-12-. The molecular formula is C18H17N3O. The van der Waals surface area contributed by atoms with Gasteiger partial charge in [-0.15, -0.1) is 0 Å². The molecule has 4 nitrogen and oxygen atoms in total. The number of para-hydroxylation sites is 1. The highest BCUT2D eigenvalue weighted by Crippen LogP contribution is 2.19. The molecule has 0 aliphatic carbocycles. The van der Waals surface area contributed by atoms with Gasteiger partial charge >= 0.3 is 0 Å². The monoisotopic (exact) mass is 291 g/mol. The van der Waals surface area contributed by atoms with Crippen LogP contribution in [-0.4, -0.2) is 17.1 Å². The van der Waals surface area contributed by atoms with Crippen LogP contribution < -0.4 is 5.43 Å². The maximum atomic E-state index is 11.9. The first-order valence-electron chi connectivity index (χ1n) is 7.17. The van der Waals surface area contributed by atoms with Gasteiger partial charge < -0.3 is 4.98 Å². The van der Waals surface area contributed by atoms with Gasteiger partial charge in [0, 0.05) is 22.2 Å². The van der Waals surface area contributed by atoms with Crippen LogP contribution in [0, 0.1) is 6.92 Å². The predicted molar refractivity (Wildman–Crippen MR) is 88.9 cm³/mol. The fraction of sp³-hybridized carbons (Fsp3) is 0.111. The Kier molecular flexibility index (Phi) is 4.01. The molecule has 0 aliphatic heterocycles. The van der Waals surface area contributed by atoms with Crippen LogP contribution in [0.1, 0.15) is 16.8 Å². The molecule has 0 saturated carbocycles. The number of benzene rings is 2. The molecule has 110 valence electrons. The lowest BCUT2D eigenvalue weighted by atomic mass is 10.1. The van der Waals surface area contributed by atoms with Crippen LogP contribution in [0.15, 0.2) is 59.7 Å². The number of carbonyl (C=O) groups is 1. The second-order valence-electron chi connectivity index (χ2n) is 5.16. The molecule has 0 atom stereocenters. The van der Waals surface area contributed by atoms with Crippen LogP contribution >= 0.6 is 0 Å². The summed E-state index contributed by atoms with van der Waals surface area (Å²) in [5.41, 5.74) is 6.64. The lowest BCUT2D eigenvalue weighted by Gasteiger charge is -2.00. The number of aromatic nitrogens is 1. The van der Waals surface area contributed by atoms with E-state index < -0.39 is 0 Å². The quantitative estimate of drug-likeness (QED) is 0.563.